The van der Waals surface area contributed by atoms with Gasteiger partial charge in [-0.15, -0.1) is 0 Å². The van der Waals surface area contributed by atoms with Gasteiger partial charge in [0.15, 0.2) is 0 Å². The van der Waals surface area contributed by atoms with E-state index in [9.17, 15) is 22.8 Å². The number of benzene rings is 1. The van der Waals surface area contributed by atoms with Gasteiger partial charge in [-0.2, -0.15) is 4.31 Å². The molecular weight excluding hydrogens is 374 g/mol. The van der Waals surface area contributed by atoms with E-state index in [0.717, 1.165) is 4.31 Å². The van der Waals surface area contributed by atoms with E-state index in [4.69, 9.17) is 5.11 Å². The molecule has 0 aromatic heterocycles. The highest BCUT2D eigenvalue weighted by molar-refractivity contribution is 7.89. The van der Waals surface area contributed by atoms with Gasteiger partial charge in [0.1, 0.15) is 6.04 Å². The van der Waals surface area contributed by atoms with Crippen LogP contribution in [0.15, 0.2) is 29.2 Å². The van der Waals surface area contributed by atoms with Gasteiger partial charge in [0.25, 0.3) is 0 Å². The zero-order chi connectivity index (χ0) is 20.8. The number of anilines is 1. The molecule has 150 valence electrons. The summed E-state index contributed by atoms with van der Waals surface area (Å²) in [6.07, 6.45) is 0.238. The molecule has 3 N–H and O–H groups in total. The summed E-state index contributed by atoms with van der Waals surface area (Å²) in [7, 11) is -2.71. The number of rotatable bonds is 9. The third kappa shape index (κ3) is 6.99. The van der Waals surface area contributed by atoms with Crippen molar-refractivity contribution in [3.05, 3.63) is 24.3 Å². The van der Waals surface area contributed by atoms with Crippen molar-refractivity contribution in [1.82, 2.24) is 9.62 Å². The minimum atomic E-state index is -3.95. The van der Waals surface area contributed by atoms with E-state index in [2.05, 4.69) is 10.6 Å². The lowest BCUT2D eigenvalue weighted by molar-refractivity contribution is -0.142. The summed E-state index contributed by atoms with van der Waals surface area (Å²) < 4.78 is 25.9. The molecule has 0 spiro atoms. The van der Waals surface area contributed by atoms with Crippen LogP contribution in [-0.2, 0) is 24.4 Å². The Morgan fingerprint density at radius 1 is 1.15 bits per heavy atom. The molecule has 0 radical (unpaired) electrons. The fourth-order valence-electron chi connectivity index (χ4n) is 2.31. The Morgan fingerprint density at radius 2 is 1.70 bits per heavy atom. The lowest BCUT2D eigenvalue weighted by Crippen LogP contribution is -2.46. The van der Waals surface area contributed by atoms with Gasteiger partial charge in [-0.3, -0.25) is 9.59 Å². The number of carboxylic acid groups (broad SMARTS) is 1. The Morgan fingerprint density at radius 3 is 2.15 bits per heavy atom. The molecule has 10 heteroatoms. The number of carboxylic acids is 1. The highest BCUT2D eigenvalue weighted by Gasteiger charge is 2.26. The number of sulfonamides is 1. The number of hydrogen-bond donors (Lipinski definition) is 3. The van der Waals surface area contributed by atoms with Gasteiger partial charge >= 0.3 is 5.97 Å². The van der Waals surface area contributed by atoms with Crippen LogP contribution in [0.5, 0.6) is 0 Å². The Hall–Kier alpha value is -2.46. The molecule has 1 aromatic carbocycles. The molecule has 1 rings (SSSR count). The van der Waals surface area contributed by atoms with Crippen LogP contribution in [0, 0.1) is 5.92 Å². The summed E-state index contributed by atoms with van der Waals surface area (Å²) in [5, 5.41) is 14.0. The van der Waals surface area contributed by atoms with Crippen LogP contribution in [0.1, 0.15) is 27.2 Å². The molecule has 0 aliphatic carbocycles. The van der Waals surface area contributed by atoms with Crippen LogP contribution < -0.4 is 10.6 Å². The van der Waals surface area contributed by atoms with E-state index in [-0.39, 0.29) is 23.1 Å². The van der Waals surface area contributed by atoms with Crippen LogP contribution in [0.25, 0.3) is 0 Å². The first kappa shape index (κ1) is 22.6. The lowest BCUT2D eigenvalue weighted by Gasteiger charge is -2.20. The van der Waals surface area contributed by atoms with Crippen molar-refractivity contribution in [2.75, 3.05) is 18.9 Å². The van der Waals surface area contributed by atoms with E-state index in [1.807, 2.05) is 13.8 Å². The fourth-order valence-corrected chi connectivity index (χ4v) is 3.44. The Bertz CT molecular complexity index is 789. The van der Waals surface area contributed by atoms with Crippen molar-refractivity contribution < 1.29 is 27.9 Å². The van der Waals surface area contributed by atoms with Crippen molar-refractivity contribution in [1.29, 1.82) is 0 Å². The topological polar surface area (TPSA) is 133 Å². The normalized spacial score (nSPS) is 12.7. The summed E-state index contributed by atoms with van der Waals surface area (Å²) in [5.74, 6) is -2.11. The van der Waals surface area contributed by atoms with E-state index in [1.165, 1.54) is 38.2 Å². The summed E-state index contributed by atoms with van der Waals surface area (Å²) in [6, 6.07) is 4.42. The van der Waals surface area contributed by atoms with Gasteiger partial charge in [-0.1, -0.05) is 13.8 Å². The number of carbonyl (C=O) groups is 3. The third-order valence-corrected chi connectivity index (χ3v) is 5.41. The maximum absolute atomic E-state index is 12.5. The number of aliphatic carboxylic acids is 1. The van der Waals surface area contributed by atoms with E-state index in [1.54, 1.807) is 0 Å². The molecule has 0 aliphatic rings. The predicted molar refractivity (Wildman–Crippen MR) is 99.6 cm³/mol. The smallest absolute Gasteiger partial charge is 0.326 e. The second-order valence-corrected chi connectivity index (χ2v) is 8.60. The Kier molecular flexibility index (Phi) is 7.92. The number of likely N-dealkylation sites (N-methyl/N-ethyl adjacent to an activating group) is 1. The first-order valence-electron chi connectivity index (χ1n) is 8.29. The Balaban J connectivity index is 2.81. The maximum atomic E-state index is 12.5. The highest BCUT2D eigenvalue weighted by Crippen LogP contribution is 2.17. The van der Waals surface area contributed by atoms with Crippen LogP contribution in [-0.4, -0.2) is 55.2 Å². The SMILES string of the molecule is CC(=O)Nc1ccc(S(=O)(=O)N(C)CC(=O)NC(CC(C)C)C(=O)O)cc1. The second kappa shape index (κ2) is 9.47. The molecule has 2 amide bonds. The van der Waals surface area contributed by atoms with E-state index >= 15 is 0 Å². The zero-order valence-electron chi connectivity index (χ0n) is 15.7. The Labute approximate surface area is 158 Å². The quantitative estimate of drug-likeness (QED) is 0.565. The fraction of sp³-hybridized carbons (Fsp3) is 0.471. The monoisotopic (exact) mass is 399 g/mol. The summed E-state index contributed by atoms with van der Waals surface area (Å²) in [4.78, 5) is 34.2. The van der Waals surface area contributed by atoms with Crippen molar-refractivity contribution >= 4 is 33.5 Å². The lowest BCUT2D eigenvalue weighted by atomic mass is 10.0. The third-order valence-electron chi connectivity index (χ3n) is 3.59. The second-order valence-electron chi connectivity index (χ2n) is 6.55. The average Bonchev–Trinajstić information content (AvgIpc) is 2.53. The molecule has 1 atom stereocenters. The van der Waals surface area contributed by atoms with Crippen molar-refractivity contribution in [3.63, 3.8) is 0 Å². The molecule has 0 fully saturated rings. The molecule has 1 aromatic rings. The average molecular weight is 399 g/mol. The number of amides is 2. The molecule has 27 heavy (non-hydrogen) atoms. The number of hydrogen-bond acceptors (Lipinski definition) is 5. The first-order valence-corrected chi connectivity index (χ1v) is 9.73. The minimum Gasteiger partial charge on any atom is -0.480 e. The molecule has 0 aliphatic heterocycles. The molecule has 0 saturated carbocycles. The standard InChI is InChI=1S/C17H25N3O6S/c1-11(2)9-15(17(23)24)19-16(22)10-20(4)27(25,26)14-7-5-13(6-8-14)18-12(3)21/h5-8,11,15H,9-10H2,1-4H3,(H,18,21)(H,19,22)(H,23,24). The molecule has 0 heterocycles. The minimum absolute atomic E-state index is 0.0509. The van der Waals surface area contributed by atoms with Gasteiger partial charge < -0.3 is 15.7 Å². The summed E-state index contributed by atoms with van der Waals surface area (Å²) >= 11 is 0. The van der Waals surface area contributed by atoms with Gasteiger partial charge in [-0.25, -0.2) is 13.2 Å². The van der Waals surface area contributed by atoms with Crippen LogP contribution >= 0.6 is 0 Å². The van der Waals surface area contributed by atoms with Gasteiger partial charge in [0.05, 0.1) is 11.4 Å². The maximum Gasteiger partial charge on any atom is 0.326 e. The molecular formula is C17H25N3O6S. The molecule has 9 nitrogen and oxygen atoms in total. The van der Waals surface area contributed by atoms with Crippen LogP contribution in [0.3, 0.4) is 0 Å². The number of nitrogens with zero attached hydrogens (tertiary/aromatic N) is 1. The number of carbonyl (C=O) groups excluding carboxylic acids is 2. The zero-order valence-corrected chi connectivity index (χ0v) is 16.5. The summed E-state index contributed by atoms with van der Waals surface area (Å²) in [6.45, 7) is 4.46. The van der Waals surface area contributed by atoms with Crippen molar-refractivity contribution in [2.24, 2.45) is 5.92 Å². The molecule has 0 saturated heterocycles. The first-order chi connectivity index (χ1) is 12.4. The summed E-state index contributed by atoms with van der Waals surface area (Å²) in [5.41, 5.74) is 0.444. The molecule has 1 unspecified atom stereocenters. The largest absolute Gasteiger partial charge is 0.480 e. The van der Waals surface area contributed by atoms with Crippen molar-refractivity contribution in [3.8, 4) is 0 Å². The van der Waals surface area contributed by atoms with E-state index in [0.29, 0.717) is 5.69 Å². The van der Waals surface area contributed by atoms with E-state index < -0.39 is 34.5 Å². The van der Waals surface area contributed by atoms with Gasteiger partial charge in [0, 0.05) is 19.7 Å². The molecule has 0 bridgehead atoms. The van der Waals surface area contributed by atoms with Crippen molar-refractivity contribution in [2.45, 2.75) is 38.1 Å². The number of nitrogens with one attached hydrogen (secondary N) is 2. The highest BCUT2D eigenvalue weighted by atomic mass is 32.2. The van der Waals surface area contributed by atoms with Crippen LogP contribution in [0.2, 0.25) is 0 Å². The predicted octanol–water partition coefficient (Wildman–Crippen LogP) is 0.881. The van der Waals surface area contributed by atoms with Gasteiger partial charge in [0.2, 0.25) is 21.8 Å². The van der Waals surface area contributed by atoms with Gasteiger partial charge in [-0.05, 0) is 36.6 Å². The van der Waals surface area contributed by atoms with Crippen LogP contribution in [0.4, 0.5) is 5.69 Å².